The van der Waals surface area contributed by atoms with Crippen LogP contribution in [0.25, 0.3) is 0 Å². The van der Waals surface area contributed by atoms with Crippen LogP contribution in [0, 0.1) is 0 Å². The normalized spacial score (nSPS) is 19.6. The van der Waals surface area contributed by atoms with Crippen molar-refractivity contribution in [2.75, 3.05) is 13.1 Å². The lowest BCUT2D eigenvalue weighted by molar-refractivity contribution is 0.0952. The first-order valence-electron chi connectivity index (χ1n) is 5.93. The minimum absolute atomic E-state index is 0.0265. The molecule has 3 heteroatoms. The fourth-order valence-electron chi connectivity index (χ4n) is 2.05. The molecule has 1 atom stereocenters. The van der Waals surface area contributed by atoms with E-state index in [9.17, 15) is 4.79 Å². The summed E-state index contributed by atoms with van der Waals surface area (Å²) in [7, 11) is 0. The van der Waals surface area contributed by atoms with Gasteiger partial charge in [0.2, 0.25) is 0 Å². The summed E-state index contributed by atoms with van der Waals surface area (Å²) in [5.74, 6) is 0.0265. The molecule has 1 aromatic rings. The first-order valence-corrected chi connectivity index (χ1v) is 5.93. The van der Waals surface area contributed by atoms with Gasteiger partial charge in [0.05, 0.1) is 0 Å². The SMILES string of the molecule is O=C(NCC[C@@H]1CCCN1)c1ccccc1. The third kappa shape index (κ3) is 3.07. The summed E-state index contributed by atoms with van der Waals surface area (Å²) in [6.45, 7) is 1.88. The summed E-state index contributed by atoms with van der Waals surface area (Å²) in [4.78, 5) is 11.7. The Balaban J connectivity index is 1.71. The molecule has 1 fully saturated rings. The monoisotopic (exact) mass is 218 g/mol. The van der Waals surface area contributed by atoms with E-state index in [2.05, 4.69) is 10.6 Å². The summed E-state index contributed by atoms with van der Waals surface area (Å²) in [6, 6.07) is 9.95. The molecule has 2 rings (SSSR count). The topological polar surface area (TPSA) is 41.1 Å². The van der Waals surface area contributed by atoms with Gasteiger partial charge in [-0.2, -0.15) is 0 Å². The Morgan fingerprint density at radius 2 is 2.19 bits per heavy atom. The van der Waals surface area contributed by atoms with E-state index in [1.165, 1.54) is 12.8 Å². The zero-order chi connectivity index (χ0) is 11.2. The Kier molecular flexibility index (Phi) is 3.94. The molecule has 0 aliphatic carbocycles. The molecule has 0 bridgehead atoms. The molecule has 0 aromatic heterocycles. The summed E-state index contributed by atoms with van der Waals surface area (Å²) in [5, 5.41) is 6.37. The van der Waals surface area contributed by atoms with Crippen LogP contribution in [0.1, 0.15) is 29.6 Å². The molecular weight excluding hydrogens is 200 g/mol. The van der Waals surface area contributed by atoms with Crippen molar-refractivity contribution in [1.29, 1.82) is 0 Å². The van der Waals surface area contributed by atoms with Crippen LogP contribution < -0.4 is 10.6 Å². The van der Waals surface area contributed by atoms with E-state index in [1.54, 1.807) is 0 Å². The maximum Gasteiger partial charge on any atom is 0.251 e. The second kappa shape index (κ2) is 5.66. The van der Waals surface area contributed by atoms with Crippen molar-refractivity contribution in [2.45, 2.75) is 25.3 Å². The van der Waals surface area contributed by atoms with Gasteiger partial charge < -0.3 is 10.6 Å². The van der Waals surface area contributed by atoms with Crippen LogP contribution in [0.4, 0.5) is 0 Å². The zero-order valence-corrected chi connectivity index (χ0v) is 9.41. The highest BCUT2D eigenvalue weighted by atomic mass is 16.1. The van der Waals surface area contributed by atoms with Gasteiger partial charge in [-0.3, -0.25) is 4.79 Å². The zero-order valence-electron chi connectivity index (χ0n) is 9.41. The maximum atomic E-state index is 11.7. The number of hydrogen-bond donors (Lipinski definition) is 2. The molecule has 1 saturated heterocycles. The van der Waals surface area contributed by atoms with E-state index >= 15 is 0 Å². The van der Waals surface area contributed by atoms with Crippen molar-refractivity contribution in [2.24, 2.45) is 0 Å². The highest BCUT2D eigenvalue weighted by Gasteiger charge is 2.13. The van der Waals surface area contributed by atoms with Crippen molar-refractivity contribution in [3.63, 3.8) is 0 Å². The lowest BCUT2D eigenvalue weighted by Gasteiger charge is -2.10. The Hall–Kier alpha value is -1.35. The third-order valence-electron chi connectivity index (χ3n) is 2.98. The molecule has 0 unspecified atom stereocenters. The lowest BCUT2D eigenvalue weighted by atomic mass is 10.1. The summed E-state index contributed by atoms with van der Waals surface area (Å²) >= 11 is 0. The number of amides is 1. The Labute approximate surface area is 96.2 Å². The third-order valence-corrected chi connectivity index (χ3v) is 2.98. The van der Waals surface area contributed by atoms with E-state index in [4.69, 9.17) is 0 Å². The van der Waals surface area contributed by atoms with Crippen LogP contribution in [-0.4, -0.2) is 25.0 Å². The molecule has 1 heterocycles. The smallest absolute Gasteiger partial charge is 0.251 e. The van der Waals surface area contributed by atoms with Gasteiger partial charge in [0.1, 0.15) is 0 Å². The summed E-state index contributed by atoms with van der Waals surface area (Å²) in [5.41, 5.74) is 0.738. The molecule has 0 spiro atoms. The van der Waals surface area contributed by atoms with E-state index in [1.807, 2.05) is 30.3 Å². The molecule has 3 nitrogen and oxygen atoms in total. The van der Waals surface area contributed by atoms with Crippen LogP contribution in [-0.2, 0) is 0 Å². The van der Waals surface area contributed by atoms with E-state index in [-0.39, 0.29) is 5.91 Å². The van der Waals surface area contributed by atoms with Gasteiger partial charge in [-0.15, -0.1) is 0 Å². The van der Waals surface area contributed by atoms with Gasteiger partial charge in [-0.05, 0) is 37.9 Å². The Morgan fingerprint density at radius 1 is 1.38 bits per heavy atom. The van der Waals surface area contributed by atoms with Crippen molar-refractivity contribution < 1.29 is 4.79 Å². The summed E-state index contributed by atoms with van der Waals surface area (Å²) in [6.07, 6.45) is 3.52. The van der Waals surface area contributed by atoms with Crippen LogP contribution >= 0.6 is 0 Å². The molecular formula is C13H18N2O. The largest absolute Gasteiger partial charge is 0.352 e. The molecule has 16 heavy (non-hydrogen) atoms. The predicted octanol–water partition coefficient (Wildman–Crippen LogP) is 1.56. The molecule has 86 valence electrons. The quantitative estimate of drug-likeness (QED) is 0.805. The van der Waals surface area contributed by atoms with Crippen molar-refractivity contribution in [3.8, 4) is 0 Å². The second-order valence-electron chi connectivity index (χ2n) is 4.20. The highest BCUT2D eigenvalue weighted by molar-refractivity contribution is 5.94. The first kappa shape index (κ1) is 11.1. The van der Waals surface area contributed by atoms with Crippen LogP contribution in [0.15, 0.2) is 30.3 Å². The van der Waals surface area contributed by atoms with Crippen LogP contribution in [0.3, 0.4) is 0 Å². The predicted molar refractivity (Wildman–Crippen MR) is 64.4 cm³/mol. The summed E-state index contributed by atoms with van der Waals surface area (Å²) < 4.78 is 0. The standard InChI is InChI=1S/C13H18N2O/c16-13(11-5-2-1-3-6-11)15-10-8-12-7-4-9-14-12/h1-3,5-6,12,14H,4,7-10H2,(H,15,16)/t12-/m0/s1. The second-order valence-corrected chi connectivity index (χ2v) is 4.20. The van der Waals surface area contributed by atoms with Gasteiger partial charge in [-0.25, -0.2) is 0 Å². The van der Waals surface area contributed by atoms with Crippen LogP contribution in [0.2, 0.25) is 0 Å². The molecule has 1 aromatic carbocycles. The van der Waals surface area contributed by atoms with Gasteiger partial charge in [0.15, 0.2) is 0 Å². The number of nitrogens with one attached hydrogen (secondary N) is 2. The Bertz CT molecular complexity index is 331. The fourth-order valence-corrected chi connectivity index (χ4v) is 2.05. The van der Waals surface area contributed by atoms with E-state index in [0.29, 0.717) is 6.04 Å². The number of rotatable bonds is 4. The average molecular weight is 218 g/mol. The fraction of sp³-hybridized carbons (Fsp3) is 0.462. The van der Waals surface area contributed by atoms with Gasteiger partial charge in [-0.1, -0.05) is 18.2 Å². The van der Waals surface area contributed by atoms with Crippen molar-refractivity contribution >= 4 is 5.91 Å². The molecule has 1 aliphatic heterocycles. The van der Waals surface area contributed by atoms with Crippen LogP contribution in [0.5, 0.6) is 0 Å². The molecule has 0 saturated carbocycles. The maximum absolute atomic E-state index is 11.7. The number of benzene rings is 1. The van der Waals surface area contributed by atoms with E-state index < -0.39 is 0 Å². The van der Waals surface area contributed by atoms with Gasteiger partial charge in [0.25, 0.3) is 5.91 Å². The van der Waals surface area contributed by atoms with Crippen molar-refractivity contribution in [1.82, 2.24) is 10.6 Å². The van der Waals surface area contributed by atoms with Gasteiger partial charge >= 0.3 is 0 Å². The van der Waals surface area contributed by atoms with Gasteiger partial charge in [0, 0.05) is 18.2 Å². The molecule has 1 amide bonds. The first-order chi connectivity index (χ1) is 7.86. The highest BCUT2D eigenvalue weighted by Crippen LogP contribution is 2.07. The van der Waals surface area contributed by atoms with Crippen molar-refractivity contribution in [3.05, 3.63) is 35.9 Å². The number of hydrogen-bond acceptors (Lipinski definition) is 2. The lowest BCUT2D eigenvalue weighted by Crippen LogP contribution is -2.30. The van der Waals surface area contributed by atoms with E-state index in [0.717, 1.165) is 25.1 Å². The number of carbonyl (C=O) groups excluding carboxylic acids is 1. The molecule has 1 aliphatic rings. The minimum atomic E-state index is 0.0265. The molecule has 2 N–H and O–H groups in total. The molecule has 0 radical (unpaired) electrons. The average Bonchev–Trinajstić information content (AvgIpc) is 2.83. The number of carbonyl (C=O) groups is 1. The minimum Gasteiger partial charge on any atom is -0.352 e. The Morgan fingerprint density at radius 3 is 2.88 bits per heavy atom.